The summed E-state index contributed by atoms with van der Waals surface area (Å²) in [5.41, 5.74) is 6.21. The lowest BCUT2D eigenvalue weighted by Crippen LogP contribution is -2.27. The minimum Gasteiger partial charge on any atom is -0.493 e. The first-order valence-electron chi connectivity index (χ1n) is 8.39. The monoisotopic (exact) mass is 384 g/mol. The molecule has 0 spiro atoms. The normalized spacial score (nSPS) is 11.5. The van der Waals surface area contributed by atoms with Crippen LogP contribution in [0.25, 0.3) is 0 Å². The number of nitrogens with two attached hydrogens (primary N) is 1. The molecule has 1 unspecified atom stereocenters. The molecule has 0 aromatic heterocycles. The molecule has 1 atom stereocenters. The molecule has 0 saturated carbocycles. The summed E-state index contributed by atoms with van der Waals surface area (Å²) < 4.78 is 38.4. The first-order valence-corrected chi connectivity index (χ1v) is 8.39. The quantitative estimate of drug-likeness (QED) is 0.633. The number of methoxy groups -OCH3 is 1. The highest BCUT2D eigenvalue weighted by atomic mass is 19.1. The molecule has 3 aromatic carbocycles. The van der Waals surface area contributed by atoms with E-state index in [0.717, 1.165) is 0 Å². The van der Waals surface area contributed by atoms with Crippen molar-refractivity contribution < 1.29 is 23.0 Å². The molecule has 3 N–H and O–H groups in total. The molecular weight excluding hydrogens is 366 g/mol. The zero-order valence-corrected chi connectivity index (χ0v) is 15.0. The number of para-hydroxylation sites is 2. The van der Waals surface area contributed by atoms with Crippen molar-refractivity contribution in [1.82, 2.24) is 0 Å². The van der Waals surface area contributed by atoms with Crippen molar-refractivity contribution in [2.75, 3.05) is 12.4 Å². The molecule has 0 fully saturated rings. The Kier molecular flexibility index (Phi) is 5.74. The maximum absolute atomic E-state index is 14.5. The van der Waals surface area contributed by atoms with Crippen molar-refractivity contribution in [1.29, 1.82) is 0 Å². The number of anilines is 1. The van der Waals surface area contributed by atoms with E-state index in [2.05, 4.69) is 5.32 Å². The van der Waals surface area contributed by atoms with E-state index in [1.54, 1.807) is 30.3 Å². The number of benzene rings is 3. The maximum Gasteiger partial charge on any atom is 0.244 e. The van der Waals surface area contributed by atoms with Crippen molar-refractivity contribution in [2.24, 2.45) is 5.73 Å². The number of rotatable bonds is 7. The van der Waals surface area contributed by atoms with Gasteiger partial charge < -0.3 is 20.5 Å². The van der Waals surface area contributed by atoms with Gasteiger partial charge in [-0.2, -0.15) is 0 Å². The Balaban J connectivity index is 1.81. The zero-order chi connectivity index (χ0) is 20.1. The van der Waals surface area contributed by atoms with Crippen LogP contribution in [0.4, 0.5) is 14.5 Å². The fourth-order valence-electron chi connectivity index (χ4n) is 2.64. The number of hydrogen-bond acceptors (Lipinski definition) is 4. The fraction of sp³-hybridized carbons (Fsp3) is 0.0952. The molecule has 0 aliphatic rings. The Morgan fingerprint density at radius 3 is 2.25 bits per heavy atom. The number of ether oxygens (including phenoxy) is 2. The minimum absolute atomic E-state index is 0.00698. The Bertz CT molecular complexity index is 978. The van der Waals surface area contributed by atoms with E-state index >= 15 is 0 Å². The largest absolute Gasteiger partial charge is 0.493 e. The van der Waals surface area contributed by atoms with Gasteiger partial charge in [0.15, 0.2) is 23.1 Å². The van der Waals surface area contributed by atoms with Gasteiger partial charge in [0.05, 0.1) is 7.11 Å². The first-order chi connectivity index (χ1) is 13.5. The molecule has 3 rings (SSSR count). The predicted molar refractivity (Wildman–Crippen MR) is 101 cm³/mol. The van der Waals surface area contributed by atoms with Crippen LogP contribution in [0.5, 0.6) is 17.2 Å². The second kappa shape index (κ2) is 8.39. The third-order valence-electron chi connectivity index (χ3n) is 4.02. The highest BCUT2D eigenvalue weighted by Crippen LogP contribution is 2.33. The van der Waals surface area contributed by atoms with Crippen LogP contribution < -0.4 is 20.5 Å². The highest BCUT2D eigenvalue weighted by Gasteiger charge is 2.19. The second-order valence-corrected chi connectivity index (χ2v) is 5.93. The van der Waals surface area contributed by atoms with Crippen LogP contribution in [0.1, 0.15) is 11.6 Å². The number of carbonyl (C=O) groups excluding carboxylic acids is 1. The number of halogens is 2. The number of carbonyl (C=O) groups is 1. The van der Waals surface area contributed by atoms with E-state index in [1.165, 1.54) is 43.5 Å². The average molecular weight is 384 g/mol. The summed E-state index contributed by atoms with van der Waals surface area (Å²) in [6.07, 6.45) is 0. The predicted octanol–water partition coefficient (Wildman–Crippen LogP) is 4.40. The lowest BCUT2D eigenvalue weighted by Gasteiger charge is -2.18. The van der Waals surface area contributed by atoms with Gasteiger partial charge >= 0.3 is 0 Å². The molecule has 0 radical (unpaired) electrons. The van der Waals surface area contributed by atoms with E-state index in [0.29, 0.717) is 22.7 Å². The summed E-state index contributed by atoms with van der Waals surface area (Å²) in [5.74, 6) is -0.928. The van der Waals surface area contributed by atoms with Crippen LogP contribution in [-0.4, -0.2) is 13.0 Å². The Labute approximate surface area is 160 Å². The van der Waals surface area contributed by atoms with Crippen molar-refractivity contribution in [3.63, 3.8) is 0 Å². The Morgan fingerprint density at radius 2 is 1.64 bits per heavy atom. The standard InChI is InChI=1S/C21H18F2N2O3/c1-27-18-4-2-3-5-19(18)28-17-11-10-15(12-16(17)23)25-20(21(24)26)13-6-8-14(22)9-7-13/h2-12,20,25H,1H3,(H2,24,26). The maximum atomic E-state index is 14.5. The average Bonchev–Trinajstić information content (AvgIpc) is 2.69. The lowest BCUT2D eigenvalue weighted by atomic mass is 10.1. The number of primary amides is 1. The van der Waals surface area contributed by atoms with E-state index in [9.17, 15) is 13.6 Å². The van der Waals surface area contributed by atoms with Crippen molar-refractivity contribution in [3.05, 3.63) is 83.9 Å². The Hall–Kier alpha value is -3.61. The molecule has 7 heteroatoms. The summed E-state index contributed by atoms with van der Waals surface area (Å²) >= 11 is 0. The van der Waals surface area contributed by atoms with E-state index in [1.807, 2.05) is 0 Å². The van der Waals surface area contributed by atoms with E-state index < -0.39 is 23.6 Å². The molecule has 0 saturated heterocycles. The fourth-order valence-corrected chi connectivity index (χ4v) is 2.64. The number of hydrogen-bond donors (Lipinski definition) is 2. The van der Waals surface area contributed by atoms with Crippen LogP contribution in [-0.2, 0) is 4.79 Å². The van der Waals surface area contributed by atoms with Gasteiger partial charge in [0, 0.05) is 11.8 Å². The van der Waals surface area contributed by atoms with Crippen LogP contribution in [0.2, 0.25) is 0 Å². The van der Waals surface area contributed by atoms with Gasteiger partial charge in [-0.05, 0) is 42.0 Å². The molecule has 28 heavy (non-hydrogen) atoms. The third-order valence-corrected chi connectivity index (χ3v) is 4.02. The molecule has 1 amide bonds. The third kappa shape index (κ3) is 4.37. The topological polar surface area (TPSA) is 73.6 Å². The van der Waals surface area contributed by atoms with Crippen LogP contribution >= 0.6 is 0 Å². The van der Waals surface area contributed by atoms with Crippen molar-refractivity contribution >= 4 is 11.6 Å². The zero-order valence-electron chi connectivity index (χ0n) is 15.0. The summed E-state index contributed by atoms with van der Waals surface area (Å²) in [6, 6.07) is 15.4. The summed E-state index contributed by atoms with van der Waals surface area (Å²) in [7, 11) is 1.49. The molecular formula is C21H18F2N2O3. The molecule has 3 aromatic rings. The van der Waals surface area contributed by atoms with E-state index in [4.69, 9.17) is 15.2 Å². The molecule has 0 aliphatic heterocycles. The molecule has 0 bridgehead atoms. The van der Waals surface area contributed by atoms with Crippen molar-refractivity contribution in [2.45, 2.75) is 6.04 Å². The van der Waals surface area contributed by atoms with Crippen LogP contribution in [0, 0.1) is 11.6 Å². The summed E-state index contributed by atoms with van der Waals surface area (Å²) in [6.45, 7) is 0. The second-order valence-electron chi connectivity index (χ2n) is 5.93. The van der Waals surface area contributed by atoms with Gasteiger partial charge in [-0.15, -0.1) is 0 Å². The number of nitrogens with one attached hydrogen (secondary N) is 1. The molecule has 5 nitrogen and oxygen atoms in total. The Morgan fingerprint density at radius 1 is 0.964 bits per heavy atom. The number of amides is 1. The summed E-state index contributed by atoms with van der Waals surface area (Å²) in [5, 5.41) is 2.85. The van der Waals surface area contributed by atoms with E-state index in [-0.39, 0.29) is 5.75 Å². The SMILES string of the molecule is COc1ccccc1Oc1ccc(NC(C(N)=O)c2ccc(F)cc2)cc1F. The summed E-state index contributed by atoms with van der Waals surface area (Å²) in [4.78, 5) is 11.8. The van der Waals surface area contributed by atoms with Gasteiger partial charge in [0.1, 0.15) is 11.9 Å². The smallest absolute Gasteiger partial charge is 0.244 e. The van der Waals surface area contributed by atoms with Gasteiger partial charge in [0.25, 0.3) is 0 Å². The minimum atomic E-state index is -0.944. The van der Waals surface area contributed by atoms with Crippen LogP contribution in [0.3, 0.4) is 0 Å². The lowest BCUT2D eigenvalue weighted by molar-refractivity contribution is -0.118. The molecule has 0 heterocycles. The van der Waals surface area contributed by atoms with Gasteiger partial charge in [-0.25, -0.2) is 8.78 Å². The van der Waals surface area contributed by atoms with Gasteiger partial charge in [-0.1, -0.05) is 24.3 Å². The van der Waals surface area contributed by atoms with Crippen molar-refractivity contribution in [3.8, 4) is 17.2 Å². The first kappa shape index (κ1) is 19.2. The molecule has 144 valence electrons. The van der Waals surface area contributed by atoms with Crippen LogP contribution in [0.15, 0.2) is 66.7 Å². The van der Waals surface area contributed by atoms with Gasteiger partial charge in [0.2, 0.25) is 5.91 Å². The molecule has 0 aliphatic carbocycles. The highest BCUT2D eigenvalue weighted by molar-refractivity contribution is 5.84. The van der Waals surface area contributed by atoms with Gasteiger partial charge in [-0.3, -0.25) is 4.79 Å².